The van der Waals surface area contributed by atoms with E-state index in [-0.39, 0.29) is 0 Å². The highest BCUT2D eigenvalue weighted by Gasteiger charge is 2.29. The Hall–Kier alpha value is -1.06. The van der Waals surface area contributed by atoms with Crippen molar-refractivity contribution in [1.29, 1.82) is 0 Å². The van der Waals surface area contributed by atoms with Crippen molar-refractivity contribution in [2.45, 2.75) is 25.8 Å². The van der Waals surface area contributed by atoms with Gasteiger partial charge >= 0.3 is 0 Å². The van der Waals surface area contributed by atoms with Crippen LogP contribution in [0.2, 0.25) is 0 Å². The lowest BCUT2D eigenvalue weighted by atomic mass is 9.90. The molecule has 1 aromatic rings. The van der Waals surface area contributed by atoms with Gasteiger partial charge in [-0.05, 0) is 31.5 Å². The molecule has 0 saturated carbocycles. The number of anilines is 1. The van der Waals surface area contributed by atoms with Gasteiger partial charge in [0.05, 0.1) is 13.2 Å². The Labute approximate surface area is 116 Å². The minimum atomic E-state index is 0.684. The van der Waals surface area contributed by atoms with Crippen molar-refractivity contribution in [3.05, 3.63) is 29.8 Å². The fraction of sp³-hybridized carbons (Fsp3) is 0.625. The number of hydrogen-bond acceptors (Lipinski definition) is 3. The molecule has 0 aromatic heterocycles. The molecule has 2 aliphatic rings. The predicted molar refractivity (Wildman–Crippen MR) is 78.9 cm³/mol. The molecule has 0 N–H and O–H groups in total. The van der Waals surface area contributed by atoms with E-state index < -0.39 is 0 Å². The van der Waals surface area contributed by atoms with Crippen LogP contribution < -0.4 is 4.90 Å². The van der Waals surface area contributed by atoms with Crippen molar-refractivity contribution in [3.8, 4) is 0 Å². The summed E-state index contributed by atoms with van der Waals surface area (Å²) in [6.07, 6.45) is 0. The number of morpholine rings is 1. The van der Waals surface area contributed by atoms with Gasteiger partial charge in [-0.25, -0.2) is 0 Å². The Morgan fingerprint density at radius 1 is 1.05 bits per heavy atom. The lowest BCUT2D eigenvalue weighted by Crippen LogP contribution is -2.48. The summed E-state index contributed by atoms with van der Waals surface area (Å²) >= 11 is 0. The number of nitrogens with zero attached hydrogens (tertiary/aromatic N) is 2. The molecule has 2 saturated heterocycles. The monoisotopic (exact) mass is 260 g/mol. The number of likely N-dealkylation sites (tertiary alicyclic amines) is 1. The molecule has 2 heterocycles. The number of benzene rings is 1. The Morgan fingerprint density at radius 3 is 2.26 bits per heavy atom. The minimum Gasteiger partial charge on any atom is -0.378 e. The quantitative estimate of drug-likeness (QED) is 0.829. The van der Waals surface area contributed by atoms with Gasteiger partial charge in [0.1, 0.15) is 0 Å². The van der Waals surface area contributed by atoms with Gasteiger partial charge in [0, 0.05) is 43.8 Å². The molecule has 0 bridgehead atoms. The van der Waals surface area contributed by atoms with Crippen LogP contribution in [0.25, 0.3) is 0 Å². The van der Waals surface area contributed by atoms with E-state index >= 15 is 0 Å². The molecule has 3 rings (SSSR count). The zero-order valence-corrected chi connectivity index (χ0v) is 12.0. The van der Waals surface area contributed by atoms with Crippen LogP contribution in [0.1, 0.15) is 25.3 Å². The number of rotatable bonds is 3. The first-order valence-electron chi connectivity index (χ1n) is 7.41. The molecule has 3 heteroatoms. The van der Waals surface area contributed by atoms with E-state index in [2.05, 4.69) is 47.9 Å². The molecular weight excluding hydrogens is 236 g/mol. The molecule has 0 aliphatic carbocycles. The van der Waals surface area contributed by atoms with Crippen molar-refractivity contribution in [3.63, 3.8) is 0 Å². The topological polar surface area (TPSA) is 15.7 Å². The van der Waals surface area contributed by atoms with Crippen LogP contribution in [0.5, 0.6) is 0 Å². The highest BCUT2D eigenvalue weighted by Crippen LogP contribution is 2.29. The van der Waals surface area contributed by atoms with Crippen molar-refractivity contribution in [2.24, 2.45) is 0 Å². The Kier molecular flexibility index (Phi) is 3.76. The van der Waals surface area contributed by atoms with Crippen molar-refractivity contribution in [2.75, 3.05) is 44.3 Å². The van der Waals surface area contributed by atoms with Gasteiger partial charge in [-0.15, -0.1) is 0 Å². The second kappa shape index (κ2) is 5.51. The second-order valence-electron chi connectivity index (χ2n) is 5.94. The summed E-state index contributed by atoms with van der Waals surface area (Å²) in [4.78, 5) is 4.94. The second-order valence-corrected chi connectivity index (χ2v) is 5.94. The van der Waals surface area contributed by atoms with Gasteiger partial charge in [-0.3, -0.25) is 4.90 Å². The molecule has 0 atom stereocenters. The summed E-state index contributed by atoms with van der Waals surface area (Å²) in [5.74, 6) is 0.737. The summed E-state index contributed by atoms with van der Waals surface area (Å²) < 4.78 is 5.40. The van der Waals surface area contributed by atoms with E-state index in [4.69, 9.17) is 4.74 Å². The number of hydrogen-bond donors (Lipinski definition) is 0. The lowest BCUT2D eigenvalue weighted by Gasteiger charge is -2.42. The summed E-state index contributed by atoms with van der Waals surface area (Å²) in [6.45, 7) is 10.7. The molecule has 0 spiro atoms. The average Bonchev–Trinajstić information content (AvgIpc) is 2.38. The molecule has 0 radical (unpaired) electrons. The largest absolute Gasteiger partial charge is 0.378 e. The minimum absolute atomic E-state index is 0.684. The van der Waals surface area contributed by atoms with Gasteiger partial charge in [0.15, 0.2) is 0 Å². The Morgan fingerprint density at radius 2 is 1.68 bits per heavy atom. The summed E-state index contributed by atoms with van der Waals surface area (Å²) in [5, 5.41) is 0. The summed E-state index contributed by atoms with van der Waals surface area (Å²) in [7, 11) is 0. The third kappa shape index (κ3) is 2.77. The predicted octanol–water partition coefficient (Wildman–Crippen LogP) is 2.33. The maximum atomic E-state index is 5.40. The first-order valence-corrected chi connectivity index (χ1v) is 7.41. The first kappa shape index (κ1) is 12.9. The fourth-order valence-corrected chi connectivity index (χ4v) is 2.92. The molecular formula is C16H24N2O. The molecule has 104 valence electrons. The van der Waals surface area contributed by atoms with E-state index in [1.807, 2.05) is 0 Å². The van der Waals surface area contributed by atoms with Crippen LogP contribution in [0.15, 0.2) is 24.3 Å². The molecule has 0 unspecified atom stereocenters. The molecule has 2 aliphatic heterocycles. The summed E-state index contributed by atoms with van der Waals surface area (Å²) in [6, 6.07) is 9.86. The van der Waals surface area contributed by atoms with Gasteiger partial charge in [0.25, 0.3) is 0 Å². The van der Waals surface area contributed by atoms with E-state index in [0.29, 0.717) is 6.04 Å². The summed E-state index contributed by atoms with van der Waals surface area (Å²) in [5.41, 5.74) is 2.83. The normalized spacial score (nSPS) is 21.7. The van der Waals surface area contributed by atoms with Crippen LogP contribution in [0.3, 0.4) is 0 Å². The van der Waals surface area contributed by atoms with Gasteiger partial charge in [-0.1, -0.05) is 12.1 Å². The van der Waals surface area contributed by atoms with Crippen LogP contribution >= 0.6 is 0 Å². The van der Waals surface area contributed by atoms with Crippen molar-refractivity contribution in [1.82, 2.24) is 4.90 Å². The van der Waals surface area contributed by atoms with Gasteiger partial charge in [-0.2, -0.15) is 0 Å². The molecule has 0 amide bonds. The standard InChI is InChI=1S/C16H24N2O/c1-13(2)18-11-15(12-18)14-3-5-16(6-4-14)17-7-9-19-10-8-17/h3-6,13,15H,7-12H2,1-2H3. The molecule has 2 fully saturated rings. The third-order valence-corrected chi connectivity index (χ3v) is 4.38. The highest BCUT2D eigenvalue weighted by atomic mass is 16.5. The van der Waals surface area contributed by atoms with Crippen molar-refractivity contribution >= 4 is 5.69 Å². The van der Waals surface area contributed by atoms with Crippen LogP contribution in [0, 0.1) is 0 Å². The van der Waals surface area contributed by atoms with Crippen LogP contribution in [0.4, 0.5) is 5.69 Å². The maximum Gasteiger partial charge on any atom is 0.0642 e. The highest BCUT2D eigenvalue weighted by molar-refractivity contribution is 5.48. The maximum absolute atomic E-state index is 5.40. The third-order valence-electron chi connectivity index (χ3n) is 4.38. The van der Waals surface area contributed by atoms with E-state index in [9.17, 15) is 0 Å². The SMILES string of the molecule is CC(C)N1CC(c2ccc(N3CCOCC3)cc2)C1. The van der Waals surface area contributed by atoms with Gasteiger partial charge in [0.2, 0.25) is 0 Å². The van der Waals surface area contributed by atoms with E-state index in [1.54, 1.807) is 0 Å². The fourth-order valence-electron chi connectivity index (χ4n) is 2.92. The van der Waals surface area contributed by atoms with Crippen molar-refractivity contribution < 1.29 is 4.74 Å². The number of ether oxygens (including phenoxy) is 1. The lowest BCUT2D eigenvalue weighted by molar-refractivity contribution is 0.110. The smallest absolute Gasteiger partial charge is 0.0642 e. The van der Waals surface area contributed by atoms with E-state index in [0.717, 1.165) is 32.2 Å². The Bertz CT molecular complexity index is 403. The zero-order valence-electron chi connectivity index (χ0n) is 12.0. The Balaban J connectivity index is 1.60. The van der Waals surface area contributed by atoms with Crippen LogP contribution in [-0.4, -0.2) is 50.3 Å². The average molecular weight is 260 g/mol. The van der Waals surface area contributed by atoms with Gasteiger partial charge < -0.3 is 9.64 Å². The van der Waals surface area contributed by atoms with E-state index in [1.165, 1.54) is 24.3 Å². The molecule has 3 nitrogen and oxygen atoms in total. The zero-order chi connectivity index (χ0) is 13.2. The van der Waals surface area contributed by atoms with Crippen LogP contribution in [-0.2, 0) is 4.74 Å². The molecule has 19 heavy (non-hydrogen) atoms. The first-order chi connectivity index (χ1) is 9.24. The molecule has 1 aromatic carbocycles.